The zero-order valence-corrected chi connectivity index (χ0v) is 8.57. The first-order valence-corrected chi connectivity index (χ1v) is 5.17. The van der Waals surface area contributed by atoms with Crippen LogP contribution in [0.2, 0.25) is 5.02 Å². The molecule has 1 heterocycles. The number of aliphatic hydroxyl groups excluding tert-OH is 1. The molecule has 2 nitrogen and oxygen atoms in total. The van der Waals surface area contributed by atoms with Crippen LogP contribution in [-0.2, 0) is 4.74 Å². The summed E-state index contributed by atoms with van der Waals surface area (Å²) in [6.45, 7) is 0.922. The molecule has 1 aliphatic rings. The minimum Gasteiger partial charge on any atom is -0.396 e. The van der Waals surface area contributed by atoms with E-state index >= 15 is 0 Å². The van der Waals surface area contributed by atoms with E-state index < -0.39 is 0 Å². The first-order valence-electron chi connectivity index (χ1n) is 4.79. The Hall–Kier alpha value is -0.570. The third-order valence-electron chi connectivity index (χ3n) is 2.65. The van der Waals surface area contributed by atoms with Crippen molar-refractivity contribution < 1.29 is 9.84 Å². The highest BCUT2D eigenvalue weighted by atomic mass is 35.5. The van der Waals surface area contributed by atoms with Crippen LogP contribution < -0.4 is 0 Å². The summed E-state index contributed by atoms with van der Waals surface area (Å²) in [5.41, 5.74) is 1.10. The van der Waals surface area contributed by atoms with Crippen LogP contribution in [0.3, 0.4) is 0 Å². The molecule has 76 valence electrons. The van der Waals surface area contributed by atoms with Gasteiger partial charge in [-0.3, -0.25) is 0 Å². The molecular formula is C11H13ClO2. The molecular weight excluding hydrogens is 200 g/mol. The van der Waals surface area contributed by atoms with Crippen molar-refractivity contribution in [1.82, 2.24) is 0 Å². The fraction of sp³-hybridized carbons (Fsp3) is 0.455. The molecule has 1 aromatic rings. The van der Waals surface area contributed by atoms with Crippen LogP contribution in [0.1, 0.15) is 18.1 Å². The predicted molar refractivity (Wildman–Crippen MR) is 55.3 cm³/mol. The summed E-state index contributed by atoms with van der Waals surface area (Å²) in [6.07, 6.45) is 0.973. The fourth-order valence-electron chi connectivity index (χ4n) is 1.84. The molecule has 1 saturated heterocycles. The van der Waals surface area contributed by atoms with Gasteiger partial charge in [0.05, 0.1) is 6.10 Å². The van der Waals surface area contributed by atoms with E-state index in [4.69, 9.17) is 21.4 Å². The molecule has 2 unspecified atom stereocenters. The third-order valence-corrected chi connectivity index (χ3v) is 2.90. The SMILES string of the molecule is OCC1CCOC1c1ccc(Cl)cc1. The lowest BCUT2D eigenvalue weighted by molar-refractivity contribution is 0.0721. The first kappa shape index (κ1) is 9.97. The van der Waals surface area contributed by atoms with Crippen LogP contribution in [0.4, 0.5) is 0 Å². The number of halogens is 1. The molecule has 2 atom stereocenters. The van der Waals surface area contributed by atoms with Crippen molar-refractivity contribution >= 4 is 11.6 Å². The Kier molecular flexibility index (Phi) is 3.06. The van der Waals surface area contributed by atoms with Gasteiger partial charge in [0.25, 0.3) is 0 Å². The topological polar surface area (TPSA) is 29.5 Å². The summed E-state index contributed by atoms with van der Waals surface area (Å²) in [4.78, 5) is 0. The van der Waals surface area contributed by atoms with Gasteiger partial charge < -0.3 is 9.84 Å². The van der Waals surface area contributed by atoms with Gasteiger partial charge in [-0.2, -0.15) is 0 Å². The normalized spacial score (nSPS) is 26.7. The Morgan fingerprint density at radius 2 is 2.07 bits per heavy atom. The molecule has 1 fully saturated rings. The molecule has 0 aliphatic carbocycles. The molecule has 0 spiro atoms. The highest BCUT2D eigenvalue weighted by Gasteiger charge is 2.28. The van der Waals surface area contributed by atoms with Gasteiger partial charge in [-0.15, -0.1) is 0 Å². The maximum Gasteiger partial charge on any atom is 0.0875 e. The Labute approximate surface area is 88.5 Å². The molecule has 0 aromatic heterocycles. The van der Waals surface area contributed by atoms with Crippen LogP contribution in [-0.4, -0.2) is 18.3 Å². The van der Waals surface area contributed by atoms with Crippen molar-refractivity contribution in [3.8, 4) is 0 Å². The van der Waals surface area contributed by atoms with Gasteiger partial charge in [0, 0.05) is 24.2 Å². The number of hydrogen-bond acceptors (Lipinski definition) is 2. The van der Waals surface area contributed by atoms with E-state index in [0.717, 1.165) is 23.6 Å². The van der Waals surface area contributed by atoms with Crippen LogP contribution >= 0.6 is 11.6 Å². The highest BCUT2D eigenvalue weighted by Crippen LogP contribution is 2.34. The van der Waals surface area contributed by atoms with Gasteiger partial charge in [-0.1, -0.05) is 23.7 Å². The minimum atomic E-state index is 0.0391. The third kappa shape index (κ3) is 1.92. The van der Waals surface area contributed by atoms with Gasteiger partial charge in [0.1, 0.15) is 0 Å². The number of hydrogen-bond donors (Lipinski definition) is 1. The molecule has 0 amide bonds. The van der Waals surface area contributed by atoms with Gasteiger partial charge in [-0.25, -0.2) is 0 Å². The van der Waals surface area contributed by atoms with E-state index in [1.807, 2.05) is 24.3 Å². The monoisotopic (exact) mass is 212 g/mol. The standard InChI is InChI=1S/C11H13ClO2/c12-10-3-1-8(2-4-10)11-9(7-13)5-6-14-11/h1-4,9,11,13H,5-7H2. The molecule has 0 bridgehead atoms. The molecule has 1 N–H and O–H groups in total. The minimum absolute atomic E-state index is 0.0391. The van der Waals surface area contributed by atoms with E-state index in [1.165, 1.54) is 0 Å². The summed E-state index contributed by atoms with van der Waals surface area (Å²) < 4.78 is 5.58. The predicted octanol–water partition coefficient (Wildman–Crippen LogP) is 2.41. The maximum atomic E-state index is 9.15. The molecule has 0 saturated carbocycles. The van der Waals surface area contributed by atoms with Gasteiger partial charge in [0.2, 0.25) is 0 Å². The second-order valence-electron chi connectivity index (χ2n) is 3.57. The van der Waals surface area contributed by atoms with Gasteiger partial charge in [-0.05, 0) is 24.1 Å². The number of ether oxygens (including phenoxy) is 1. The Morgan fingerprint density at radius 1 is 1.36 bits per heavy atom. The average molecular weight is 213 g/mol. The smallest absolute Gasteiger partial charge is 0.0875 e. The van der Waals surface area contributed by atoms with Crippen molar-refractivity contribution in [2.24, 2.45) is 5.92 Å². The van der Waals surface area contributed by atoms with Crippen LogP contribution in [0.25, 0.3) is 0 Å². The van der Waals surface area contributed by atoms with Crippen molar-refractivity contribution in [3.63, 3.8) is 0 Å². The van der Waals surface area contributed by atoms with Crippen LogP contribution in [0, 0.1) is 5.92 Å². The molecule has 2 rings (SSSR count). The molecule has 14 heavy (non-hydrogen) atoms. The number of aliphatic hydroxyl groups is 1. The lowest BCUT2D eigenvalue weighted by Crippen LogP contribution is -2.11. The van der Waals surface area contributed by atoms with E-state index in [-0.39, 0.29) is 18.6 Å². The Bertz CT molecular complexity index is 297. The lowest BCUT2D eigenvalue weighted by Gasteiger charge is -2.16. The summed E-state index contributed by atoms with van der Waals surface area (Å²) in [6, 6.07) is 7.63. The average Bonchev–Trinajstić information content (AvgIpc) is 2.67. The number of rotatable bonds is 2. The van der Waals surface area contributed by atoms with Crippen LogP contribution in [0.15, 0.2) is 24.3 Å². The highest BCUT2D eigenvalue weighted by molar-refractivity contribution is 6.30. The fourth-order valence-corrected chi connectivity index (χ4v) is 1.97. The largest absolute Gasteiger partial charge is 0.396 e. The molecule has 1 aromatic carbocycles. The van der Waals surface area contributed by atoms with E-state index in [2.05, 4.69) is 0 Å². The number of benzene rings is 1. The molecule has 1 aliphatic heterocycles. The van der Waals surface area contributed by atoms with Crippen molar-refractivity contribution in [1.29, 1.82) is 0 Å². The lowest BCUT2D eigenvalue weighted by atomic mass is 9.96. The zero-order chi connectivity index (χ0) is 9.97. The van der Waals surface area contributed by atoms with Crippen molar-refractivity contribution in [3.05, 3.63) is 34.9 Å². The molecule has 3 heteroatoms. The quantitative estimate of drug-likeness (QED) is 0.816. The summed E-state index contributed by atoms with van der Waals surface area (Å²) in [5, 5.41) is 9.88. The van der Waals surface area contributed by atoms with Crippen molar-refractivity contribution in [2.75, 3.05) is 13.2 Å². The Balaban J connectivity index is 2.17. The van der Waals surface area contributed by atoms with Crippen molar-refractivity contribution in [2.45, 2.75) is 12.5 Å². The van der Waals surface area contributed by atoms with E-state index in [0.29, 0.717) is 0 Å². The maximum absolute atomic E-state index is 9.15. The first-order chi connectivity index (χ1) is 6.81. The van der Waals surface area contributed by atoms with E-state index in [1.54, 1.807) is 0 Å². The second kappa shape index (κ2) is 4.30. The Morgan fingerprint density at radius 3 is 2.71 bits per heavy atom. The van der Waals surface area contributed by atoms with Gasteiger partial charge in [0.15, 0.2) is 0 Å². The van der Waals surface area contributed by atoms with Crippen LogP contribution in [0.5, 0.6) is 0 Å². The zero-order valence-electron chi connectivity index (χ0n) is 7.82. The van der Waals surface area contributed by atoms with E-state index in [9.17, 15) is 0 Å². The molecule has 0 radical (unpaired) electrons. The summed E-state index contributed by atoms with van der Waals surface area (Å²) >= 11 is 5.80. The summed E-state index contributed by atoms with van der Waals surface area (Å²) in [7, 11) is 0. The second-order valence-corrected chi connectivity index (χ2v) is 4.01. The van der Waals surface area contributed by atoms with Gasteiger partial charge >= 0.3 is 0 Å². The summed E-state index contributed by atoms with van der Waals surface area (Å²) in [5.74, 6) is 0.233.